The number of nitrogens with one attached hydrogen (secondary N) is 1. The van der Waals surface area contributed by atoms with Crippen molar-refractivity contribution in [1.29, 1.82) is 0 Å². The van der Waals surface area contributed by atoms with Crippen molar-refractivity contribution in [2.75, 3.05) is 5.75 Å². The van der Waals surface area contributed by atoms with E-state index in [0.717, 1.165) is 23.9 Å². The molecule has 4 nitrogen and oxygen atoms in total. The summed E-state index contributed by atoms with van der Waals surface area (Å²) < 4.78 is 25.9. The maximum Gasteiger partial charge on any atom is 0.251 e. The summed E-state index contributed by atoms with van der Waals surface area (Å²) in [6.45, 7) is 3.81. The molecule has 0 aliphatic rings. The van der Waals surface area contributed by atoms with Crippen LogP contribution < -0.4 is 5.56 Å². The molecule has 2 rings (SSSR count). The van der Waals surface area contributed by atoms with E-state index in [1.54, 1.807) is 0 Å². The molecule has 0 unspecified atom stereocenters. The standard InChI is InChI=1S/C15H14F2N2O2S/c1-8(2)12-6-14(21)19-15(18-12)22-7-13(20)9-3-4-10(16)11(17)5-9/h3-6,8H,7H2,1-2H3,(H,18,19,21). The van der Waals surface area contributed by atoms with Crippen molar-refractivity contribution in [3.05, 3.63) is 57.5 Å². The lowest BCUT2D eigenvalue weighted by atomic mass is 10.1. The number of hydrogen-bond donors (Lipinski definition) is 1. The van der Waals surface area contributed by atoms with Crippen LogP contribution in [-0.2, 0) is 0 Å². The van der Waals surface area contributed by atoms with Crippen molar-refractivity contribution in [2.45, 2.75) is 24.9 Å². The molecule has 2 aromatic rings. The lowest BCUT2D eigenvalue weighted by Gasteiger charge is -2.06. The molecule has 116 valence electrons. The van der Waals surface area contributed by atoms with Gasteiger partial charge in [-0.1, -0.05) is 25.6 Å². The molecule has 1 N–H and O–H groups in total. The first kappa shape index (κ1) is 16.4. The fourth-order valence-electron chi connectivity index (χ4n) is 1.70. The monoisotopic (exact) mass is 324 g/mol. The van der Waals surface area contributed by atoms with Gasteiger partial charge in [0.15, 0.2) is 22.6 Å². The van der Waals surface area contributed by atoms with E-state index in [0.29, 0.717) is 10.9 Å². The third-order valence-electron chi connectivity index (χ3n) is 2.91. The van der Waals surface area contributed by atoms with Crippen molar-refractivity contribution < 1.29 is 13.6 Å². The maximum atomic E-state index is 13.1. The van der Waals surface area contributed by atoms with E-state index in [4.69, 9.17) is 0 Å². The quantitative estimate of drug-likeness (QED) is 0.521. The zero-order chi connectivity index (χ0) is 16.3. The van der Waals surface area contributed by atoms with E-state index in [1.807, 2.05) is 13.8 Å². The SMILES string of the molecule is CC(C)c1cc(=O)[nH]c(SCC(=O)c2ccc(F)c(F)c2)n1. The molecule has 1 aromatic heterocycles. The summed E-state index contributed by atoms with van der Waals surface area (Å²) in [6.07, 6.45) is 0. The fraction of sp³-hybridized carbons (Fsp3) is 0.267. The van der Waals surface area contributed by atoms with Gasteiger partial charge in [-0.05, 0) is 24.1 Å². The predicted molar refractivity (Wildman–Crippen MR) is 80.4 cm³/mol. The number of aromatic nitrogens is 2. The highest BCUT2D eigenvalue weighted by Crippen LogP contribution is 2.18. The Hall–Kier alpha value is -2.02. The van der Waals surface area contributed by atoms with Crippen LogP contribution >= 0.6 is 11.8 Å². The second-order valence-electron chi connectivity index (χ2n) is 4.97. The van der Waals surface area contributed by atoms with Crippen LogP contribution in [0.2, 0.25) is 0 Å². The van der Waals surface area contributed by atoms with Gasteiger partial charge in [0.1, 0.15) is 0 Å². The molecule has 0 radical (unpaired) electrons. The van der Waals surface area contributed by atoms with E-state index in [9.17, 15) is 18.4 Å². The van der Waals surface area contributed by atoms with E-state index >= 15 is 0 Å². The predicted octanol–water partition coefficient (Wildman–Crippen LogP) is 3.15. The van der Waals surface area contributed by atoms with Crippen LogP contribution in [0.4, 0.5) is 8.78 Å². The Bertz CT molecular complexity index is 759. The van der Waals surface area contributed by atoms with Gasteiger partial charge in [0.05, 0.1) is 11.4 Å². The van der Waals surface area contributed by atoms with Gasteiger partial charge in [0, 0.05) is 11.6 Å². The molecule has 7 heteroatoms. The Morgan fingerprint density at radius 1 is 1.27 bits per heavy atom. The van der Waals surface area contributed by atoms with Crippen LogP contribution in [0.3, 0.4) is 0 Å². The molecule has 0 atom stereocenters. The Labute approximate surface area is 130 Å². The van der Waals surface area contributed by atoms with Gasteiger partial charge in [-0.25, -0.2) is 13.8 Å². The largest absolute Gasteiger partial charge is 0.301 e. The fourth-order valence-corrected chi connectivity index (χ4v) is 2.48. The van der Waals surface area contributed by atoms with Gasteiger partial charge in [0.2, 0.25) is 0 Å². The lowest BCUT2D eigenvalue weighted by Crippen LogP contribution is -2.12. The minimum absolute atomic E-state index is 0.0322. The summed E-state index contributed by atoms with van der Waals surface area (Å²) >= 11 is 1.05. The summed E-state index contributed by atoms with van der Waals surface area (Å²) in [7, 11) is 0. The van der Waals surface area contributed by atoms with Crippen molar-refractivity contribution in [3.8, 4) is 0 Å². The maximum absolute atomic E-state index is 13.1. The molecule has 1 aromatic carbocycles. The van der Waals surface area contributed by atoms with Crippen molar-refractivity contribution >= 4 is 17.5 Å². The summed E-state index contributed by atoms with van der Waals surface area (Å²) in [5.74, 6) is -2.38. The van der Waals surface area contributed by atoms with Crippen LogP contribution in [0.15, 0.2) is 34.2 Å². The summed E-state index contributed by atoms with van der Waals surface area (Å²) in [5, 5.41) is 0.326. The first-order valence-corrected chi connectivity index (χ1v) is 7.57. The zero-order valence-corrected chi connectivity index (χ0v) is 12.8. The third-order valence-corrected chi connectivity index (χ3v) is 3.79. The molecule has 0 aliphatic heterocycles. The number of carbonyl (C=O) groups excluding carboxylic acids is 1. The minimum Gasteiger partial charge on any atom is -0.301 e. The average molecular weight is 324 g/mol. The molecule has 0 saturated heterocycles. The molecular weight excluding hydrogens is 310 g/mol. The molecule has 0 saturated carbocycles. The number of Topliss-reactive ketones (excluding diaryl/α,β-unsaturated/α-hetero) is 1. The molecular formula is C15H14F2N2O2S. The first-order chi connectivity index (χ1) is 10.4. The summed E-state index contributed by atoms with van der Waals surface area (Å²) in [6, 6.07) is 4.40. The van der Waals surface area contributed by atoms with E-state index < -0.39 is 11.6 Å². The number of ketones is 1. The molecule has 1 heterocycles. The number of hydrogen-bond acceptors (Lipinski definition) is 4. The highest BCUT2D eigenvalue weighted by molar-refractivity contribution is 7.99. The van der Waals surface area contributed by atoms with Gasteiger partial charge in [-0.2, -0.15) is 0 Å². The number of rotatable bonds is 5. The number of thioether (sulfide) groups is 1. The third kappa shape index (κ3) is 4.00. The zero-order valence-electron chi connectivity index (χ0n) is 12.0. The van der Waals surface area contributed by atoms with Crippen LogP contribution in [0, 0.1) is 11.6 Å². The number of carbonyl (C=O) groups is 1. The molecule has 22 heavy (non-hydrogen) atoms. The molecule has 0 spiro atoms. The van der Waals surface area contributed by atoms with Crippen LogP contribution in [0.5, 0.6) is 0 Å². The second kappa shape index (κ2) is 6.83. The normalized spacial score (nSPS) is 11.0. The second-order valence-corrected chi connectivity index (χ2v) is 5.93. The number of nitrogens with zero attached hydrogens (tertiary/aromatic N) is 1. The number of aromatic amines is 1. The average Bonchev–Trinajstić information content (AvgIpc) is 2.47. The van der Waals surface area contributed by atoms with Gasteiger partial charge in [-0.3, -0.25) is 9.59 Å². The Morgan fingerprint density at radius 3 is 2.64 bits per heavy atom. The smallest absolute Gasteiger partial charge is 0.251 e. The summed E-state index contributed by atoms with van der Waals surface area (Å²) in [4.78, 5) is 30.3. The van der Waals surface area contributed by atoms with E-state index in [1.165, 1.54) is 12.1 Å². The Morgan fingerprint density at radius 2 is 2.00 bits per heavy atom. The van der Waals surface area contributed by atoms with Gasteiger partial charge in [0.25, 0.3) is 5.56 Å². The number of H-pyrrole nitrogens is 1. The lowest BCUT2D eigenvalue weighted by molar-refractivity contribution is 0.102. The van der Waals surface area contributed by atoms with E-state index in [-0.39, 0.29) is 28.6 Å². The van der Waals surface area contributed by atoms with Crippen LogP contribution in [0.25, 0.3) is 0 Å². The van der Waals surface area contributed by atoms with Crippen molar-refractivity contribution in [3.63, 3.8) is 0 Å². The Balaban J connectivity index is 2.11. The number of benzene rings is 1. The highest BCUT2D eigenvalue weighted by atomic mass is 32.2. The summed E-state index contributed by atoms with van der Waals surface area (Å²) in [5.41, 5.74) is 0.418. The van der Waals surface area contributed by atoms with Gasteiger partial charge >= 0.3 is 0 Å². The van der Waals surface area contributed by atoms with Crippen molar-refractivity contribution in [1.82, 2.24) is 9.97 Å². The van der Waals surface area contributed by atoms with Gasteiger partial charge in [-0.15, -0.1) is 0 Å². The van der Waals surface area contributed by atoms with Crippen LogP contribution in [-0.4, -0.2) is 21.5 Å². The topological polar surface area (TPSA) is 62.8 Å². The number of halogens is 2. The van der Waals surface area contributed by atoms with Crippen molar-refractivity contribution in [2.24, 2.45) is 0 Å². The first-order valence-electron chi connectivity index (χ1n) is 6.59. The highest BCUT2D eigenvalue weighted by Gasteiger charge is 2.12. The molecule has 0 bridgehead atoms. The van der Waals surface area contributed by atoms with E-state index in [2.05, 4.69) is 9.97 Å². The molecule has 0 fully saturated rings. The van der Waals surface area contributed by atoms with Gasteiger partial charge < -0.3 is 4.98 Å². The van der Waals surface area contributed by atoms with Crippen LogP contribution in [0.1, 0.15) is 35.8 Å². The minimum atomic E-state index is -1.07. The molecule has 0 aliphatic carbocycles. The molecule has 0 amide bonds. The Kier molecular flexibility index (Phi) is 5.07.